The van der Waals surface area contributed by atoms with Crippen LogP contribution in [0.15, 0.2) is 34.1 Å². The molecule has 3 rings (SSSR count). The van der Waals surface area contributed by atoms with E-state index in [1.807, 2.05) is 0 Å². The van der Waals surface area contributed by atoms with Gasteiger partial charge in [-0.2, -0.15) is 0 Å². The molecule has 2 aromatic rings. The maximum absolute atomic E-state index is 12.9. The number of hydrogen-bond donors (Lipinski definition) is 2. The average Bonchev–Trinajstić information content (AvgIpc) is 2.99. The van der Waals surface area contributed by atoms with E-state index in [4.69, 9.17) is 0 Å². The Balaban J connectivity index is 1.84. The van der Waals surface area contributed by atoms with Gasteiger partial charge in [0.25, 0.3) is 11.2 Å². The van der Waals surface area contributed by atoms with Crippen LogP contribution in [0, 0.1) is 16.0 Å². The van der Waals surface area contributed by atoms with Crippen molar-refractivity contribution in [2.45, 2.75) is 32.6 Å². The van der Waals surface area contributed by atoms with Crippen LogP contribution in [0.5, 0.6) is 0 Å². The van der Waals surface area contributed by atoms with E-state index in [2.05, 4.69) is 22.3 Å². The van der Waals surface area contributed by atoms with E-state index in [1.165, 1.54) is 29.7 Å². The Labute approximate surface area is 157 Å². The maximum Gasteiger partial charge on any atom is 0.280 e. The topological polar surface area (TPSA) is 110 Å². The molecule has 1 aromatic carbocycles. The number of H-pyrrole nitrogens is 1. The fourth-order valence-electron chi connectivity index (χ4n) is 3.45. The largest absolute Gasteiger partial charge is 0.346 e. The molecule has 8 heteroatoms. The van der Waals surface area contributed by atoms with Gasteiger partial charge in [-0.25, -0.2) is 4.68 Å². The molecule has 3 N–H and O–H groups in total. The van der Waals surface area contributed by atoms with Crippen molar-refractivity contribution in [2.24, 2.45) is 10.9 Å². The molecule has 0 unspecified atom stereocenters. The molecule has 27 heavy (non-hydrogen) atoms. The quantitative estimate of drug-likeness (QED) is 0.436. The molecule has 2 heterocycles. The molecule has 0 aliphatic carbocycles. The van der Waals surface area contributed by atoms with Gasteiger partial charge in [0, 0.05) is 43.4 Å². The highest BCUT2D eigenvalue weighted by atomic mass is 16.6. The van der Waals surface area contributed by atoms with E-state index in [9.17, 15) is 14.9 Å². The van der Waals surface area contributed by atoms with E-state index < -0.39 is 4.92 Å². The highest BCUT2D eigenvalue weighted by molar-refractivity contribution is 5.80. The van der Waals surface area contributed by atoms with E-state index in [1.54, 1.807) is 18.3 Å². The van der Waals surface area contributed by atoms with Gasteiger partial charge in [-0.3, -0.25) is 25.0 Å². The molecular weight excluding hydrogens is 346 g/mol. The van der Waals surface area contributed by atoms with Crippen molar-refractivity contribution in [3.05, 3.63) is 56.0 Å². The first-order valence-corrected chi connectivity index (χ1v) is 9.50. The monoisotopic (exact) mass is 372 g/mol. The number of nitro benzene ring substituents is 1. The zero-order valence-corrected chi connectivity index (χ0v) is 15.6. The number of nitro groups is 1. The van der Waals surface area contributed by atoms with Crippen LogP contribution in [-0.4, -0.2) is 40.6 Å². The number of nitrogens with two attached hydrogens (primary N) is 1. The number of quaternary nitrogens is 1. The van der Waals surface area contributed by atoms with E-state index in [-0.39, 0.29) is 11.2 Å². The molecule has 1 fully saturated rings. The Hall–Kier alpha value is -2.74. The summed E-state index contributed by atoms with van der Waals surface area (Å²) < 4.78 is 1.44. The third-order valence-corrected chi connectivity index (χ3v) is 4.97. The molecule has 1 aliphatic rings. The summed E-state index contributed by atoms with van der Waals surface area (Å²) in [6.45, 7) is 5.11. The van der Waals surface area contributed by atoms with E-state index >= 15 is 0 Å². The molecule has 8 nitrogen and oxygen atoms in total. The van der Waals surface area contributed by atoms with Gasteiger partial charge < -0.3 is 5.32 Å². The van der Waals surface area contributed by atoms with Crippen molar-refractivity contribution >= 4 is 11.9 Å². The van der Waals surface area contributed by atoms with Crippen molar-refractivity contribution in [3.8, 4) is 5.69 Å². The van der Waals surface area contributed by atoms with Crippen molar-refractivity contribution in [1.29, 1.82) is 0 Å². The van der Waals surface area contributed by atoms with Gasteiger partial charge in [0.1, 0.15) is 0 Å². The third kappa shape index (κ3) is 4.51. The Morgan fingerprint density at radius 1 is 1.33 bits per heavy atom. The molecule has 0 spiro atoms. The van der Waals surface area contributed by atoms with Gasteiger partial charge in [-0.1, -0.05) is 13.3 Å². The Morgan fingerprint density at radius 3 is 2.67 bits per heavy atom. The smallest absolute Gasteiger partial charge is 0.280 e. The lowest BCUT2D eigenvalue weighted by Crippen LogP contribution is -2.86. The Morgan fingerprint density at radius 2 is 2.04 bits per heavy atom. The lowest BCUT2D eigenvalue weighted by atomic mass is 9.98. The van der Waals surface area contributed by atoms with Crippen LogP contribution in [0.25, 0.3) is 5.69 Å². The van der Waals surface area contributed by atoms with Gasteiger partial charge in [-0.05, 0) is 24.5 Å². The second-order valence-corrected chi connectivity index (χ2v) is 6.97. The molecule has 0 bridgehead atoms. The number of piperidine rings is 1. The van der Waals surface area contributed by atoms with Gasteiger partial charge in [0.05, 0.1) is 29.3 Å². The van der Waals surface area contributed by atoms with Crippen molar-refractivity contribution in [2.75, 3.05) is 19.6 Å². The number of benzene rings is 1. The number of aryl methyl sites for hydroxylation is 1. The third-order valence-electron chi connectivity index (χ3n) is 4.97. The SMILES string of the molecule is CCCc1[nH]n(-c2ccc([N+](=O)[O-])cc2)c(=O)c1C=NCC1CC[NH2+]CC1. The van der Waals surface area contributed by atoms with E-state index in [0.717, 1.165) is 38.2 Å². The number of aromatic nitrogens is 2. The lowest BCUT2D eigenvalue weighted by molar-refractivity contribution is -0.664. The van der Waals surface area contributed by atoms with Gasteiger partial charge in [0.2, 0.25) is 0 Å². The number of aliphatic imine (C=N–C) groups is 1. The standard InChI is InChI=1S/C19H25N5O3/c1-2-3-18-17(13-21-12-14-8-10-20-11-9-14)19(25)23(22-18)15-4-6-16(7-5-15)24(26)27/h4-7,13-14,20,22H,2-3,8-12H2,1H3/p+1. The average molecular weight is 372 g/mol. The second kappa shape index (κ2) is 8.77. The van der Waals surface area contributed by atoms with E-state index in [0.29, 0.717) is 17.2 Å². The normalized spacial score (nSPS) is 15.4. The summed E-state index contributed by atoms with van der Waals surface area (Å²) >= 11 is 0. The summed E-state index contributed by atoms with van der Waals surface area (Å²) in [7, 11) is 0. The summed E-state index contributed by atoms with van der Waals surface area (Å²) in [5.41, 5.74) is 1.83. The number of nitrogens with zero attached hydrogens (tertiary/aromatic N) is 3. The molecule has 0 amide bonds. The first kappa shape index (κ1) is 19.0. The van der Waals surface area contributed by atoms with Crippen LogP contribution in [0.1, 0.15) is 37.4 Å². The predicted molar refractivity (Wildman–Crippen MR) is 104 cm³/mol. The Bertz CT molecular complexity index is 860. The summed E-state index contributed by atoms with van der Waals surface area (Å²) in [4.78, 5) is 27.8. The zero-order valence-electron chi connectivity index (χ0n) is 15.6. The van der Waals surface area contributed by atoms with Crippen molar-refractivity contribution < 1.29 is 10.2 Å². The van der Waals surface area contributed by atoms with Gasteiger partial charge in [0.15, 0.2) is 0 Å². The minimum Gasteiger partial charge on any atom is -0.346 e. The van der Waals surface area contributed by atoms with Gasteiger partial charge >= 0.3 is 0 Å². The summed E-state index contributed by atoms with van der Waals surface area (Å²) in [5.74, 6) is 0.594. The molecule has 0 saturated carbocycles. The highest BCUT2D eigenvalue weighted by Gasteiger charge is 2.16. The fourth-order valence-corrected chi connectivity index (χ4v) is 3.45. The predicted octanol–water partition coefficient (Wildman–Crippen LogP) is 1.42. The fraction of sp³-hybridized carbons (Fsp3) is 0.474. The molecular formula is C19H26N5O3+. The maximum atomic E-state index is 12.9. The second-order valence-electron chi connectivity index (χ2n) is 6.97. The number of nitrogens with one attached hydrogen (secondary N) is 1. The number of non-ortho nitro benzene ring substituents is 1. The molecule has 1 saturated heterocycles. The van der Waals surface area contributed by atoms with Crippen LogP contribution in [0.3, 0.4) is 0 Å². The van der Waals surface area contributed by atoms with Crippen molar-refractivity contribution in [3.63, 3.8) is 0 Å². The molecule has 0 atom stereocenters. The summed E-state index contributed by atoms with van der Waals surface area (Å²) in [6, 6.07) is 5.95. The van der Waals surface area contributed by atoms with Crippen LogP contribution >= 0.6 is 0 Å². The highest BCUT2D eigenvalue weighted by Crippen LogP contribution is 2.15. The minimum atomic E-state index is -0.453. The number of rotatable bonds is 7. The minimum absolute atomic E-state index is 0.00125. The molecule has 1 aliphatic heterocycles. The molecule has 144 valence electrons. The zero-order chi connectivity index (χ0) is 19.2. The number of aromatic amines is 1. The Kier molecular flexibility index (Phi) is 6.18. The van der Waals surface area contributed by atoms with Crippen molar-refractivity contribution in [1.82, 2.24) is 9.78 Å². The van der Waals surface area contributed by atoms with Crippen LogP contribution in [0.4, 0.5) is 5.69 Å². The van der Waals surface area contributed by atoms with Crippen LogP contribution in [0.2, 0.25) is 0 Å². The molecule has 1 aromatic heterocycles. The van der Waals surface area contributed by atoms with Crippen LogP contribution in [-0.2, 0) is 6.42 Å². The lowest BCUT2D eigenvalue weighted by Gasteiger charge is -2.17. The van der Waals surface area contributed by atoms with Crippen LogP contribution < -0.4 is 10.9 Å². The summed E-state index contributed by atoms with van der Waals surface area (Å²) in [5, 5.41) is 16.3. The number of hydrogen-bond acceptors (Lipinski definition) is 4. The first-order valence-electron chi connectivity index (χ1n) is 9.50. The summed E-state index contributed by atoms with van der Waals surface area (Å²) in [6.07, 6.45) is 5.68. The van der Waals surface area contributed by atoms with Gasteiger partial charge in [-0.15, -0.1) is 0 Å². The first-order chi connectivity index (χ1) is 13.1. The molecule has 0 radical (unpaired) electrons.